The monoisotopic (exact) mass is 441 g/mol. The number of thiocarbonyl (C=S) groups is 1. The highest BCUT2D eigenvalue weighted by Crippen LogP contribution is 2.27. The second kappa shape index (κ2) is 9.48. The molecular formula is C21H20BrN3OS. The molecule has 0 aliphatic heterocycles. The van der Waals surface area contributed by atoms with Crippen LogP contribution in [-0.2, 0) is 6.61 Å². The van der Waals surface area contributed by atoms with E-state index in [1.54, 1.807) is 6.21 Å². The van der Waals surface area contributed by atoms with Gasteiger partial charge in [0.15, 0.2) is 5.11 Å². The molecule has 0 bridgehead atoms. The van der Waals surface area contributed by atoms with Crippen LogP contribution in [0.3, 0.4) is 0 Å². The van der Waals surface area contributed by atoms with Gasteiger partial charge in [0.25, 0.3) is 0 Å². The van der Waals surface area contributed by atoms with Crippen LogP contribution in [0.5, 0.6) is 5.75 Å². The van der Waals surface area contributed by atoms with Crippen LogP contribution >= 0.6 is 28.1 Å². The van der Waals surface area contributed by atoms with Gasteiger partial charge in [0, 0.05) is 16.6 Å². The Morgan fingerprint density at radius 1 is 1.11 bits per heavy atom. The normalized spacial score (nSPS) is 10.9. The van der Waals surface area contributed by atoms with Crippen molar-refractivity contribution in [3.8, 4) is 5.75 Å². The second-order valence-corrected chi connectivity index (χ2v) is 7.17. The molecule has 0 unspecified atom stereocenters. The van der Waals surface area contributed by atoms with Gasteiger partial charge in [0.1, 0.15) is 12.4 Å². The third-order valence-corrected chi connectivity index (χ3v) is 4.70. The summed E-state index contributed by atoms with van der Waals surface area (Å²) in [5.41, 5.74) is 4.84. The molecule has 0 atom stereocenters. The van der Waals surface area contributed by atoms with E-state index in [4.69, 9.17) is 17.0 Å². The molecule has 0 saturated heterocycles. The van der Waals surface area contributed by atoms with E-state index in [9.17, 15) is 0 Å². The molecule has 0 aliphatic carbocycles. The maximum atomic E-state index is 6.09. The lowest BCUT2D eigenvalue weighted by Gasteiger charge is -2.12. The minimum atomic E-state index is 0.482. The molecule has 4 nitrogen and oxygen atoms in total. The summed E-state index contributed by atoms with van der Waals surface area (Å²) in [4.78, 5) is 0. The summed E-state index contributed by atoms with van der Waals surface area (Å²) in [6.45, 7) is 3.21. The minimum absolute atomic E-state index is 0.482. The van der Waals surface area contributed by atoms with Crippen LogP contribution in [0.25, 0.3) is 10.8 Å². The highest BCUT2D eigenvalue weighted by atomic mass is 79.9. The van der Waals surface area contributed by atoms with E-state index in [1.165, 1.54) is 0 Å². The molecule has 0 fully saturated rings. The van der Waals surface area contributed by atoms with Gasteiger partial charge in [0.05, 0.1) is 6.21 Å². The van der Waals surface area contributed by atoms with Crippen molar-refractivity contribution in [2.24, 2.45) is 5.10 Å². The standard InChI is InChI=1S/C21H20BrN3OS/c1-2-23-21(27)25-24-13-19-18-6-4-3-5-16(18)9-12-20(19)26-14-15-7-10-17(22)11-8-15/h3-13H,2,14H2,1H3,(H2,23,25,27)/b24-13-. The Morgan fingerprint density at radius 2 is 1.89 bits per heavy atom. The molecule has 27 heavy (non-hydrogen) atoms. The van der Waals surface area contributed by atoms with Gasteiger partial charge in [-0.1, -0.05) is 58.4 Å². The molecule has 0 aromatic heterocycles. The fourth-order valence-corrected chi connectivity index (χ4v) is 3.09. The van der Waals surface area contributed by atoms with Gasteiger partial charge in [-0.3, -0.25) is 5.43 Å². The van der Waals surface area contributed by atoms with Crippen LogP contribution < -0.4 is 15.5 Å². The van der Waals surface area contributed by atoms with E-state index in [0.29, 0.717) is 11.7 Å². The Labute approximate surface area is 172 Å². The first kappa shape index (κ1) is 19.3. The molecule has 6 heteroatoms. The highest BCUT2D eigenvalue weighted by molar-refractivity contribution is 9.10. The lowest BCUT2D eigenvalue weighted by molar-refractivity contribution is 0.306. The van der Waals surface area contributed by atoms with E-state index in [2.05, 4.69) is 50.0 Å². The van der Waals surface area contributed by atoms with Gasteiger partial charge < -0.3 is 10.1 Å². The number of hydrogen-bond acceptors (Lipinski definition) is 3. The molecule has 0 aliphatic rings. The predicted octanol–water partition coefficient (Wildman–Crippen LogP) is 5.00. The number of ether oxygens (including phenoxy) is 1. The van der Waals surface area contributed by atoms with Crippen LogP contribution in [0.4, 0.5) is 0 Å². The fourth-order valence-electron chi connectivity index (χ4n) is 2.63. The zero-order valence-corrected chi connectivity index (χ0v) is 17.3. The predicted molar refractivity (Wildman–Crippen MR) is 119 cm³/mol. The van der Waals surface area contributed by atoms with E-state index < -0.39 is 0 Å². The zero-order valence-electron chi connectivity index (χ0n) is 14.9. The third-order valence-electron chi connectivity index (χ3n) is 3.94. The van der Waals surface area contributed by atoms with Crippen LogP contribution in [0.1, 0.15) is 18.1 Å². The molecular weight excluding hydrogens is 422 g/mol. The molecule has 138 valence electrons. The summed E-state index contributed by atoms with van der Waals surface area (Å²) in [6, 6.07) is 20.3. The first-order chi connectivity index (χ1) is 13.2. The Kier molecular flexibility index (Phi) is 6.79. The first-order valence-electron chi connectivity index (χ1n) is 8.63. The maximum absolute atomic E-state index is 6.09. The number of fused-ring (bicyclic) bond motifs is 1. The van der Waals surface area contributed by atoms with Gasteiger partial charge in [-0.05, 0) is 53.7 Å². The van der Waals surface area contributed by atoms with Crippen LogP contribution in [0.15, 0.2) is 70.2 Å². The van der Waals surface area contributed by atoms with Gasteiger partial charge in [-0.25, -0.2) is 0 Å². The van der Waals surface area contributed by atoms with E-state index in [0.717, 1.165) is 38.7 Å². The SMILES string of the molecule is CCNC(=S)N/N=C\c1c(OCc2ccc(Br)cc2)ccc2ccccc12. The van der Waals surface area contributed by atoms with Crippen molar-refractivity contribution >= 4 is 50.2 Å². The number of rotatable bonds is 6. The van der Waals surface area contributed by atoms with Crippen molar-refractivity contribution in [2.45, 2.75) is 13.5 Å². The third kappa shape index (κ3) is 5.28. The number of hydrogen-bond donors (Lipinski definition) is 2. The molecule has 3 rings (SSSR count). The van der Waals surface area contributed by atoms with Crippen LogP contribution in [0.2, 0.25) is 0 Å². The summed E-state index contributed by atoms with van der Waals surface area (Å²) >= 11 is 8.60. The lowest BCUT2D eigenvalue weighted by Crippen LogP contribution is -2.31. The first-order valence-corrected chi connectivity index (χ1v) is 9.83. The van der Waals surface area contributed by atoms with Gasteiger partial charge in [-0.2, -0.15) is 5.10 Å². The Hall–Kier alpha value is -2.44. The van der Waals surface area contributed by atoms with Crippen molar-refractivity contribution in [1.82, 2.24) is 10.7 Å². The number of nitrogens with zero attached hydrogens (tertiary/aromatic N) is 1. The summed E-state index contributed by atoms with van der Waals surface area (Å²) in [5.74, 6) is 0.775. The second-order valence-electron chi connectivity index (χ2n) is 5.84. The molecule has 0 heterocycles. The van der Waals surface area contributed by atoms with E-state index in [-0.39, 0.29) is 0 Å². The molecule has 0 spiro atoms. The average Bonchev–Trinajstić information content (AvgIpc) is 2.68. The van der Waals surface area contributed by atoms with Crippen molar-refractivity contribution in [2.75, 3.05) is 6.54 Å². The fraction of sp³-hybridized carbons (Fsp3) is 0.143. The van der Waals surface area contributed by atoms with E-state index in [1.807, 2.05) is 49.4 Å². The Bertz CT molecular complexity index is 957. The van der Waals surface area contributed by atoms with Gasteiger partial charge >= 0.3 is 0 Å². The van der Waals surface area contributed by atoms with Crippen LogP contribution in [-0.4, -0.2) is 17.9 Å². The van der Waals surface area contributed by atoms with Crippen molar-refractivity contribution < 1.29 is 4.74 Å². The summed E-state index contributed by atoms with van der Waals surface area (Å²) in [5, 5.41) is 9.97. The molecule has 0 amide bonds. The minimum Gasteiger partial charge on any atom is -0.488 e. The number of benzene rings is 3. The Morgan fingerprint density at radius 3 is 2.67 bits per heavy atom. The number of hydrazone groups is 1. The molecule has 0 radical (unpaired) electrons. The number of nitrogens with one attached hydrogen (secondary N) is 2. The lowest BCUT2D eigenvalue weighted by atomic mass is 10.0. The average molecular weight is 442 g/mol. The molecule has 2 N–H and O–H groups in total. The summed E-state index contributed by atoms with van der Waals surface area (Å²) in [6.07, 6.45) is 1.75. The summed E-state index contributed by atoms with van der Waals surface area (Å²) in [7, 11) is 0. The molecule has 3 aromatic rings. The number of halogens is 1. The molecule has 0 saturated carbocycles. The van der Waals surface area contributed by atoms with Crippen LogP contribution in [0, 0.1) is 0 Å². The zero-order chi connectivity index (χ0) is 19.1. The van der Waals surface area contributed by atoms with Crippen molar-refractivity contribution in [3.63, 3.8) is 0 Å². The van der Waals surface area contributed by atoms with Gasteiger partial charge in [-0.15, -0.1) is 0 Å². The smallest absolute Gasteiger partial charge is 0.186 e. The van der Waals surface area contributed by atoms with Crippen molar-refractivity contribution in [3.05, 3.63) is 76.3 Å². The summed E-state index contributed by atoms with van der Waals surface area (Å²) < 4.78 is 7.14. The molecule has 3 aromatic carbocycles. The van der Waals surface area contributed by atoms with E-state index >= 15 is 0 Å². The van der Waals surface area contributed by atoms with Gasteiger partial charge in [0.2, 0.25) is 0 Å². The van der Waals surface area contributed by atoms with Crippen molar-refractivity contribution in [1.29, 1.82) is 0 Å². The highest BCUT2D eigenvalue weighted by Gasteiger charge is 2.08. The Balaban J connectivity index is 1.85. The quantitative estimate of drug-likeness (QED) is 0.321. The topological polar surface area (TPSA) is 45.7 Å². The largest absolute Gasteiger partial charge is 0.488 e. The maximum Gasteiger partial charge on any atom is 0.186 e.